The van der Waals surface area contributed by atoms with E-state index in [0.717, 1.165) is 0 Å². The van der Waals surface area contributed by atoms with E-state index in [0.29, 0.717) is 0 Å². The summed E-state index contributed by atoms with van der Waals surface area (Å²) in [7, 11) is -4.44. The molecule has 2 N–H and O–H groups in total. The lowest BCUT2D eigenvalue weighted by molar-refractivity contribution is -0.396. The highest BCUT2D eigenvalue weighted by atomic mass is 32.2. The highest BCUT2D eigenvalue weighted by Crippen LogP contribution is 2.54. The lowest BCUT2D eigenvalue weighted by Gasteiger charge is -2.33. The van der Waals surface area contributed by atoms with E-state index >= 15 is 0 Å². The van der Waals surface area contributed by atoms with Crippen LogP contribution in [-0.2, 0) is 14.9 Å². The molecule has 0 aliphatic rings. The molecule has 0 radical (unpaired) electrons. The van der Waals surface area contributed by atoms with E-state index in [9.17, 15) is 52.7 Å². The number of alkyl halides is 9. The van der Waals surface area contributed by atoms with Crippen molar-refractivity contribution in [3.8, 4) is 0 Å². The molecule has 150 valence electrons. The van der Waals surface area contributed by atoms with E-state index < -0.39 is 71.5 Å². The summed E-state index contributed by atoms with van der Waals surface area (Å²) in [6, 6.07) is 0. The van der Waals surface area contributed by atoms with Crippen LogP contribution in [0.5, 0.6) is 0 Å². The zero-order valence-corrected chi connectivity index (χ0v) is 12.8. The lowest BCUT2D eigenvalue weighted by atomic mass is 9.99. The number of nitrogens with one attached hydrogen (secondary N) is 1. The smallest absolute Gasteiger partial charge is 0.355 e. The van der Waals surface area contributed by atoms with Crippen molar-refractivity contribution in [1.29, 1.82) is 0 Å². The maximum Gasteiger partial charge on any atom is 0.460 e. The third-order valence-corrected chi connectivity index (χ3v) is 3.51. The molecule has 0 spiro atoms. The van der Waals surface area contributed by atoms with Crippen LogP contribution in [0.15, 0.2) is 0 Å². The molecule has 0 aliphatic heterocycles. The Balaban J connectivity index is 4.70. The van der Waals surface area contributed by atoms with Crippen LogP contribution in [0.25, 0.3) is 0 Å². The summed E-state index contributed by atoms with van der Waals surface area (Å²) in [6.45, 7) is -0.656. The summed E-state index contributed by atoms with van der Waals surface area (Å²) in [5.74, 6) is -21.6. The molecule has 0 saturated heterocycles. The fourth-order valence-corrected chi connectivity index (χ4v) is 1.80. The first kappa shape index (κ1) is 23.8. The Morgan fingerprint density at radius 3 is 1.80 bits per heavy atom. The van der Waals surface area contributed by atoms with E-state index in [4.69, 9.17) is 4.55 Å². The molecule has 15 heteroatoms. The van der Waals surface area contributed by atoms with E-state index in [1.54, 1.807) is 5.32 Å². The zero-order valence-electron chi connectivity index (χ0n) is 12.0. The van der Waals surface area contributed by atoms with E-state index in [2.05, 4.69) is 0 Å². The maximum atomic E-state index is 13.1. The normalized spacial score (nSPS) is 14.5. The van der Waals surface area contributed by atoms with Gasteiger partial charge in [0.1, 0.15) is 0 Å². The topological polar surface area (TPSA) is 83.5 Å². The van der Waals surface area contributed by atoms with Crippen molar-refractivity contribution in [2.24, 2.45) is 0 Å². The van der Waals surface area contributed by atoms with Gasteiger partial charge in [-0.25, -0.2) is 0 Å². The van der Waals surface area contributed by atoms with Gasteiger partial charge in [0, 0.05) is 19.4 Å². The molecule has 1 amide bonds. The van der Waals surface area contributed by atoms with Gasteiger partial charge in [0.25, 0.3) is 10.1 Å². The molecule has 0 aromatic rings. The van der Waals surface area contributed by atoms with Crippen LogP contribution in [-0.4, -0.2) is 55.1 Å². The Labute approximate surface area is 135 Å². The number of carbonyl (C=O) groups is 1. The minimum atomic E-state index is -6.98. The number of hydrogen-bond donors (Lipinski definition) is 2. The molecule has 0 bridgehead atoms. The summed E-state index contributed by atoms with van der Waals surface area (Å²) in [4.78, 5) is 11.1. The van der Waals surface area contributed by atoms with Crippen molar-refractivity contribution in [2.45, 2.75) is 43.2 Å². The van der Waals surface area contributed by atoms with E-state index in [1.165, 1.54) is 0 Å². The van der Waals surface area contributed by atoms with Gasteiger partial charge in [0.2, 0.25) is 5.91 Å². The summed E-state index contributed by atoms with van der Waals surface area (Å²) in [5.41, 5.74) is 0. The van der Waals surface area contributed by atoms with Gasteiger partial charge >= 0.3 is 23.9 Å². The Morgan fingerprint density at radius 1 is 0.920 bits per heavy atom. The van der Waals surface area contributed by atoms with Crippen LogP contribution < -0.4 is 5.32 Å². The molecule has 0 atom stereocenters. The Hall–Kier alpha value is -1.25. The van der Waals surface area contributed by atoms with E-state index in [-0.39, 0.29) is 0 Å². The summed E-state index contributed by atoms with van der Waals surface area (Å²) < 4.78 is 142. The quantitative estimate of drug-likeness (QED) is 0.450. The predicted octanol–water partition coefficient (Wildman–Crippen LogP) is 2.63. The van der Waals surface area contributed by atoms with Gasteiger partial charge in [-0.1, -0.05) is 0 Å². The van der Waals surface area contributed by atoms with Gasteiger partial charge in [0.15, 0.2) is 0 Å². The standard InChI is InChI=1S/C10H12F9NO4S/c11-7(12,8(13,14)9(15,16)10(17,18)19)3-1-2-6(21)20-4-5-25(22,23)24/h1-5H2,(H,20,21)(H,22,23,24). The monoisotopic (exact) mass is 413 g/mol. The third kappa shape index (κ3) is 6.20. The third-order valence-electron chi connectivity index (χ3n) is 2.79. The molecule has 0 saturated carbocycles. The summed E-state index contributed by atoms with van der Waals surface area (Å²) in [5, 5.41) is 1.78. The maximum absolute atomic E-state index is 13.1. The molecule has 0 fully saturated rings. The molecule has 0 heterocycles. The predicted molar refractivity (Wildman–Crippen MR) is 64.2 cm³/mol. The average molecular weight is 413 g/mol. The highest BCUT2D eigenvalue weighted by molar-refractivity contribution is 7.85. The fraction of sp³-hybridized carbons (Fsp3) is 0.900. The van der Waals surface area contributed by atoms with Gasteiger partial charge in [0.05, 0.1) is 5.75 Å². The molecular formula is C10H12F9NO4S. The molecular weight excluding hydrogens is 401 g/mol. The van der Waals surface area contributed by atoms with E-state index in [1.807, 2.05) is 0 Å². The Bertz CT molecular complexity index is 573. The first-order chi connectivity index (χ1) is 10.9. The number of hydrogen-bond acceptors (Lipinski definition) is 3. The van der Waals surface area contributed by atoms with Crippen LogP contribution in [0.1, 0.15) is 19.3 Å². The van der Waals surface area contributed by atoms with Gasteiger partial charge in [-0.15, -0.1) is 0 Å². The summed E-state index contributed by atoms with van der Waals surface area (Å²) in [6.07, 6.45) is -11.2. The van der Waals surface area contributed by atoms with Crippen molar-refractivity contribution in [3.63, 3.8) is 0 Å². The van der Waals surface area contributed by atoms with Crippen LogP contribution in [0, 0.1) is 0 Å². The van der Waals surface area contributed by atoms with Gasteiger partial charge in [-0.2, -0.15) is 47.9 Å². The molecule has 0 aromatic carbocycles. The van der Waals surface area contributed by atoms with Gasteiger partial charge in [-0.05, 0) is 6.42 Å². The SMILES string of the molecule is O=C(CCCC(F)(F)C(F)(F)C(F)(F)C(F)(F)F)NCCS(=O)(=O)O. The number of rotatable bonds is 9. The van der Waals surface area contributed by atoms with Crippen molar-refractivity contribution >= 4 is 16.0 Å². The average Bonchev–Trinajstić information content (AvgIpc) is 2.34. The molecule has 0 aliphatic carbocycles. The Kier molecular flexibility index (Phi) is 7.17. The van der Waals surface area contributed by atoms with Gasteiger partial charge < -0.3 is 5.32 Å². The van der Waals surface area contributed by atoms with Crippen LogP contribution >= 0.6 is 0 Å². The van der Waals surface area contributed by atoms with Crippen molar-refractivity contribution in [2.75, 3.05) is 12.3 Å². The second-order valence-corrected chi connectivity index (χ2v) is 6.41. The van der Waals surface area contributed by atoms with Crippen molar-refractivity contribution < 1.29 is 57.3 Å². The van der Waals surface area contributed by atoms with Gasteiger partial charge in [-0.3, -0.25) is 9.35 Å². The first-order valence-electron chi connectivity index (χ1n) is 6.27. The molecule has 5 nitrogen and oxygen atoms in total. The Morgan fingerprint density at radius 2 is 1.40 bits per heavy atom. The second kappa shape index (κ2) is 7.55. The van der Waals surface area contributed by atoms with Crippen molar-refractivity contribution in [1.82, 2.24) is 5.32 Å². The first-order valence-corrected chi connectivity index (χ1v) is 7.88. The largest absolute Gasteiger partial charge is 0.460 e. The fourth-order valence-electron chi connectivity index (χ4n) is 1.44. The summed E-state index contributed by atoms with van der Waals surface area (Å²) >= 11 is 0. The second-order valence-electron chi connectivity index (χ2n) is 4.84. The number of halogens is 9. The zero-order chi connectivity index (χ0) is 20.3. The highest BCUT2D eigenvalue weighted by Gasteiger charge is 2.81. The number of carbonyl (C=O) groups excluding carboxylic acids is 1. The lowest BCUT2D eigenvalue weighted by Crippen LogP contribution is -2.60. The molecule has 0 rings (SSSR count). The minimum absolute atomic E-state index is 0.656. The molecule has 0 unspecified atom stereocenters. The molecule has 0 aromatic heterocycles. The van der Waals surface area contributed by atoms with Crippen molar-refractivity contribution in [3.05, 3.63) is 0 Å². The van der Waals surface area contributed by atoms with Crippen LogP contribution in [0.4, 0.5) is 39.5 Å². The van der Waals surface area contributed by atoms with Crippen LogP contribution in [0.2, 0.25) is 0 Å². The van der Waals surface area contributed by atoms with Crippen LogP contribution in [0.3, 0.4) is 0 Å². The minimum Gasteiger partial charge on any atom is -0.355 e. The molecule has 25 heavy (non-hydrogen) atoms. The number of amides is 1.